The van der Waals surface area contributed by atoms with Crippen molar-refractivity contribution in [3.8, 4) is 0 Å². The highest BCUT2D eigenvalue weighted by atomic mass is 32.2. The number of nitrogens with one attached hydrogen (secondary N) is 3. The number of H-pyrrole nitrogens is 2. The summed E-state index contributed by atoms with van der Waals surface area (Å²) in [7, 11) is 0. The van der Waals surface area contributed by atoms with E-state index in [0.717, 1.165) is 35.0 Å². The molecule has 2 aromatic heterocycles. The van der Waals surface area contributed by atoms with Crippen LogP contribution >= 0.6 is 11.8 Å². The van der Waals surface area contributed by atoms with Crippen molar-refractivity contribution in [1.82, 2.24) is 25.1 Å². The van der Waals surface area contributed by atoms with Crippen molar-refractivity contribution in [3.05, 3.63) is 69.2 Å². The number of hydrogen-bond donors (Lipinski definition) is 3. The van der Waals surface area contributed by atoms with Crippen molar-refractivity contribution < 1.29 is 13.2 Å². The molecule has 0 saturated heterocycles. The van der Waals surface area contributed by atoms with Crippen LogP contribution in [-0.4, -0.2) is 37.4 Å². The molecule has 0 aliphatic heterocycles. The largest absolute Gasteiger partial charge is 0.416 e. The Labute approximate surface area is 168 Å². The smallest absolute Gasteiger partial charge is 0.354 e. The summed E-state index contributed by atoms with van der Waals surface area (Å²) in [5, 5.41) is 9.56. The molecule has 3 rings (SSSR count). The maximum absolute atomic E-state index is 12.8. The van der Waals surface area contributed by atoms with Gasteiger partial charge < -0.3 is 10.3 Å². The number of rotatable bonds is 8. The van der Waals surface area contributed by atoms with Gasteiger partial charge in [0.15, 0.2) is 0 Å². The fraction of sp³-hybridized carbons (Fsp3) is 0.333. The van der Waals surface area contributed by atoms with Crippen molar-refractivity contribution in [2.24, 2.45) is 0 Å². The molecule has 3 aromatic rings. The number of nitrogens with zero attached hydrogens (tertiary/aromatic N) is 3. The first-order chi connectivity index (χ1) is 13.8. The number of aromatic nitrogens is 5. The third kappa shape index (κ3) is 5.83. The quantitative estimate of drug-likeness (QED) is 0.481. The van der Waals surface area contributed by atoms with Crippen LogP contribution in [0.15, 0.2) is 35.4 Å². The molecule has 0 spiro atoms. The Morgan fingerprint density at radius 3 is 2.76 bits per heavy atom. The Morgan fingerprint density at radius 1 is 1.24 bits per heavy atom. The van der Waals surface area contributed by atoms with E-state index in [9.17, 15) is 18.0 Å². The lowest BCUT2D eigenvalue weighted by atomic mass is 10.1. The molecule has 2 heterocycles. The van der Waals surface area contributed by atoms with Gasteiger partial charge in [-0.15, -0.1) is 0 Å². The number of imidazole rings is 1. The van der Waals surface area contributed by atoms with Gasteiger partial charge in [-0.25, -0.2) is 10.1 Å². The standard InChI is InChI=1S/C18H19F3N6OS/c1-11-15(24-10-23-11)9-29-6-5-22-17-25-16(28)14(26-27-17)8-12-3-2-4-13(7-12)18(19,20)21/h2-4,7,10H,5-6,8-9H2,1H3,(H,23,24)(H2,22,25,27,28). The van der Waals surface area contributed by atoms with Crippen LogP contribution in [-0.2, 0) is 18.3 Å². The Bertz CT molecular complexity index is 1020. The number of thioether (sulfide) groups is 1. The van der Waals surface area contributed by atoms with Crippen LogP contribution in [0.1, 0.15) is 28.2 Å². The summed E-state index contributed by atoms with van der Waals surface area (Å²) in [6.45, 7) is 2.52. The highest BCUT2D eigenvalue weighted by molar-refractivity contribution is 7.98. The van der Waals surface area contributed by atoms with E-state index in [1.807, 2.05) is 6.92 Å². The minimum absolute atomic E-state index is 0.0363. The number of hydrogen-bond acceptors (Lipinski definition) is 6. The highest BCUT2D eigenvalue weighted by Crippen LogP contribution is 2.29. The zero-order valence-corrected chi connectivity index (χ0v) is 16.3. The van der Waals surface area contributed by atoms with Crippen LogP contribution in [0.25, 0.3) is 0 Å². The molecule has 0 unspecified atom stereocenters. The van der Waals surface area contributed by atoms with Gasteiger partial charge in [0, 0.05) is 30.2 Å². The summed E-state index contributed by atoms with van der Waals surface area (Å²) in [5.41, 5.74) is 1.09. The van der Waals surface area contributed by atoms with E-state index < -0.39 is 17.3 Å². The number of benzene rings is 1. The molecular weight excluding hydrogens is 405 g/mol. The summed E-state index contributed by atoms with van der Waals surface area (Å²) in [5.74, 6) is 1.76. The van der Waals surface area contributed by atoms with Gasteiger partial charge in [0.25, 0.3) is 5.56 Å². The number of aromatic amines is 2. The molecule has 0 atom stereocenters. The van der Waals surface area contributed by atoms with E-state index in [2.05, 4.69) is 30.5 Å². The first-order valence-corrected chi connectivity index (χ1v) is 9.90. The minimum Gasteiger partial charge on any atom is -0.354 e. The van der Waals surface area contributed by atoms with Gasteiger partial charge in [-0.05, 0) is 18.6 Å². The van der Waals surface area contributed by atoms with Crippen molar-refractivity contribution in [2.75, 3.05) is 17.6 Å². The lowest BCUT2D eigenvalue weighted by Crippen LogP contribution is -2.20. The van der Waals surface area contributed by atoms with Crippen LogP contribution < -0.4 is 10.9 Å². The third-order valence-electron chi connectivity index (χ3n) is 4.09. The molecule has 1 aromatic carbocycles. The average Bonchev–Trinajstić information content (AvgIpc) is 3.08. The van der Waals surface area contributed by atoms with Gasteiger partial charge in [0.1, 0.15) is 5.69 Å². The predicted molar refractivity (Wildman–Crippen MR) is 105 cm³/mol. The van der Waals surface area contributed by atoms with E-state index in [0.29, 0.717) is 12.1 Å². The summed E-state index contributed by atoms with van der Waals surface area (Å²) >= 11 is 1.68. The molecule has 3 N–H and O–H groups in total. The molecule has 0 aliphatic carbocycles. The predicted octanol–water partition coefficient (Wildman–Crippen LogP) is 3.15. The van der Waals surface area contributed by atoms with Crippen LogP contribution in [0.3, 0.4) is 0 Å². The summed E-state index contributed by atoms with van der Waals surface area (Å²) < 4.78 is 38.4. The van der Waals surface area contributed by atoms with E-state index in [-0.39, 0.29) is 18.1 Å². The van der Waals surface area contributed by atoms with E-state index >= 15 is 0 Å². The summed E-state index contributed by atoms with van der Waals surface area (Å²) in [6.07, 6.45) is -2.81. The van der Waals surface area contributed by atoms with Gasteiger partial charge in [-0.2, -0.15) is 35.0 Å². The average molecular weight is 424 g/mol. The number of anilines is 1. The van der Waals surface area contributed by atoms with E-state index in [1.54, 1.807) is 18.1 Å². The zero-order chi connectivity index (χ0) is 20.9. The van der Waals surface area contributed by atoms with Crippen molar-refractivity contribution in [3.63, 3.8) is 0 Å². The lowest BCUT2D eigenvalue weighted by Gasteiger charge is -2.08. The highest BCUT2D eigenvalue weighted by Gasteiger charge is 2.30. The molecule has 0 fully saturated rings. The number of halogens is 3. The molecule has 0 saturated carbocycles. The Hall–Kier alpha value is -2.82. The van der Waals surface area contributed by atoms with Crippen molar-refractivity contribution in [2.45, 2.75) is 25.3 Å². The topological polar surface area (TPSA) is 99.3 Å². The second-order valence-electron chi connectivity index (χ2n) is 6.26. The van der Waals surface area contributed by atoms with E-state index in [4.69, 9.17) is 0 Å². The molecule has 0 radical (unpaired) electrons. The van der Waals surface area contributed by atoms with Gasteiger partial charge in [-0.3, -0.25) is 4.79 Å². The molecule has 154 valence electrons. The van der Waals surface area contributed by atoms with Crippen LogP contribution in [0.4, 0.5) is 19.1 Å². The zero-order valence-electron chi connectivity index (χ0n) is 15.5. The SMILES string of the molecule is Cc1[nH]cnc1CSCCNc1nc(=O)c(Cc2cccc(C(F)(F)F)c2)n[nH]1. The van der Waals surface area contributed by atoms with Gasteiger partial charge in [0.05, 0.1) is 17.6 Å². The monoisotopic (exact) mass is 424 g/mol. The first kappa shape index (κ1) is 20.9. The normalized spacial score (nSPS) is 11.6. The second kappa shape index (κ2) is 9.12. The fourth-order valence-corrected chi connectivity index (χ4v) is 3.42. The second-order valence-corrected chi connectivity index (χ2v) is 7.37. The maximum Gasteiger partial charge on any atom is 0.416 e. The number of aryl methyl sites for hydroxylation is 1. The molecule has 29 heavy (non-hydrogen) atoms. The first-order valence-electron chi connectivity index (χ1n) is 8.75. The number of alkyl halides is 3. The minimum atomic E-state index is -4.43. The maximum atomic E-state index is 12.8. The van der Waals surface area contributed by atoms with Crippen LogP contribution in [0.5, 0.6) is 0 Å². The van der Waals surface area contributed by atoms with Crippen molar-refractivity contribution in [1.29, 1.82) is 0 Å². The molecule has 11 heteroatoms. The Morgan fingerprint density at radius 2 is 2.07 bits per heavy atom. The summed E-state index contributed by atoms with van der Waals surface area (Å²) in [4.78, 5) is 23.2. The lowest BCUT2D eigenvalue weighted by molar-refractivity contribution is -0.137. The molecular formula is C18H19F3N6OS. The molecule has 0 aliphatic rings. The molecule has 7 nitrogen and oxygen atoms in total. The van der Waals surface area contributed by atoms with Crippen LogP contribution in [0.2, 0.25) is 0 Å². The van der Waals surface area contributed by atoms with Gasteiger partial charge in [0.2, 0.25) is 5.95 Å². The third-order valence-corrected chi connectivity index (χ3v) is 5.07. The Kier molecular flexibility index (Phi) is 6.57. The van der Waals surface area contributed by atoms with E-state index in [1.165, 1.54) is 12.1 Å². The van der Waals surface area contributed by atoms with Gasteiger partial charge >= 0.3 is 6.18 Å². The van der Waals surface area contributed by atoms with Crippen LogP contribution in [0, 0.1) is 6.92 Å². The fourth-order valence-electron chi connectivity index (χ4n) is 2.55. The molecule has 0 bridgehead atoms. The van der Waals surface area contributed by atoms with Crippen molar-refractivity contribution >= 4 is 17.7 Å². The Balaban J connectivity index is 1.52. The molecule has 0 amide bonds. The summed E-state index contributed by atoms with van der Waals surface area (Å²) in [6, 6.07) is 4.81. The van der Waals surface area contributed by atoms with Gasteiger partial charge in [-0.1, -0.05) is 18.2 Å².